The molecule has 0 fully saturated rings. The van der Waals surface area contributed by atoms with E-state index >= 15 is 0 Å². The van der Waals surface area contributed by atoms with Gasteiger partial charge in [0.15, 0.2) is 0 Å². The minimum absolute atomic E-state index is 0.358. The van der Waals surface area contributed by atoms with Gasteiger partial charge in [-0.25, -0.2) is 0 Å². The molecule has 0 unspecified atom stereocenters. The maximum Gasteiger partial charge on any atom is 0.113 e. The summed E-state index contributed by atoms with van der Waals surface area (Å²) in [5, 5.41) is 0. The average molecular weight is 274 g/mol. The van der Waals surface area contributed by atoms with Gasteiger partial charge in [0.25, 0.3) is 0 Å². The Morgan fingerprint density at radius 3 is 2.00 bits per heavy atom. The molecule has 1 aromatic rings. The SMILES string of the molecule is [B][B]B([B])c1c(C)c([B][B])c([B])c(CC(C)C)c1B([B])B([B])[B]. The summed E-state index contributed by atoms with van der Waals surface area (Å²) in [6, 6.07) is 0. The molecule has 1 aromatic carbocycles. The van der Waals surface area contributed by atoms with Crippen molar-refractivity contribution in [2.75, 3.05) is 0 Å². The van der Waals surface area contributed by atoms with Crippen LogP contribution in [0, 0.1) is 12.8 Å². The van der Waals surface area contributed by atoms with E-state index in [0.717, 1.165) is 27.5 Å². The molecular formula is C11H12B12. The van der Waals surface area contributed by atoms with Crippen LogP contribution in [0.3, 0.4) is 0 Å². The van der Waals surface area contributed by atoms with Crippen molar-refractivity contribution in [3.8, 4) is 0 Å². The Morgan fingerprint density at radius 1 is 1.04 bits per heavy atom. The number of hydrogen-bond donors (Lipinski definition) is 0. The van der Waals surface area contributed by atoms with Gasteiger partial charge in [0, 0.05) is 59.9 Å². The zero-order chi connectivity index (χ0) is 17.9. The van der Waals surface area contributed by atoms with E-state index in [1.54, 1.807) is 0 Å². The minimum Gasteiger partial charge on any atom is -0.104 e. The van der Waals surface area contributed by atoms with Gasteiger partial charge in [0.1, 0.15) is 7.85 Å². The van der Waals surface area contributed by atoms with E-state index in [-0.39, 0.29) is 0 Å². The monoisotopic (exact) mass is 276 g/mol. The van der Waals surface area contributed by atoms with Gasteiger partial charge in [-0.2, -0.15) is 0 Å². The third-order valence-corrected chi connectivity index (χ3v) is 4.11. The lowest BCUT2D eigenvalue weighted by molar-refractivity contribution is 0.651. The Balaban J connectivity index is 3.83. The summed E-state index contributed by atoms with van der Waals surface area (Å²) in [6.07, 6.45) is -0.0244. The summed E-state index contributed by atoms with van der Waals surface area (Å²) >= 11 is 0. The van der Waals surface area contributed by atoms with Crippen molar-refractivity contribution in [1.29, 1.82) is 0 Å². The van der Waals surface area contributed by atoms with Gasteiger partial charge in [-0.3, -0.25) is 0 Å². The van der Waals surface area contributed by atoms with Crippen LogP contribution < -0.4 is 21.9 Å². The Hall–Kier alpha value is -0.000779. The first-order valence-corrected chi connectivity index (χ1v) is 7.74. The summed E-state index contributed by atoms with van der Waals surface area (Å²) < 4.78 is 0. The van der Waals surface area contributed by atoms with E-state index in [2.05, 4.69) is 13.8 Å². The first kappa shape index (κ1) is 21.0. The first-order valence-electron chi connectivity index (χ1n) is 7.74. The van der Waals surface area contributed by atoms with Gasteiger partial charge in [0.05, 0.1) is 20.2 Å². The van der Waals surface area contributed by atoms with Crippen molar-refractivity contribution in [3.05, 3.63) is 11.1 Å². The highest BCUT2D eigenvalue weighted by molar-refractivity contribution is 7.70. The summed E-state index contributed by atoms with van der Waals surface area (Å²) in [7, 11) is 44.9. The van der Waals surface area contributed by atoms with Crippen molar-refractivity contribution < 1.29 is 0 Å². The topological polar surface area (TPSA) is 0 Å². The molecule has 0 aliphatic rings. The summed E-state index contributed by atoms with van der Waals surface area (Å²) in [6.45, 7) is 4.97. The quantitative estimate of drug-likeness (QED) is 0.439. The molecule has 0 aliphatic heterocycles. The van der Waals surface area contributed by atoms with Gasteiger partial charge in [-0.15, -0.1) is 21.9 Å². The second kappa shape index (κ2) is 8.91. The van der Waals surface area contributed by atoms with Crippen LogP contribution in [-0.2, 0) is 6.42 Å². The number of rotatable bonds is 7. The fraction of sp³-hybridized carbons (Fsp3) is 0.455. The van der Waals surface area contributed by atoms with Crippen LogP contribution in [0.2, 0.25) is 0 Å². The Bertz CT molecular complexity index is 543. The Labute approximate surface area is 154 Å². The molecule has 0 aliphatic carbocycles. The van der Waals surface area contributed by atoms with Crippen molar-refractivity contribution in [1.82, 2.24) is 0 Å². The second-order valence-electron chi connectivity index (χ2n) is 6.34. The van der Waals surface area contributed by atoms with Crippen LogP contribution in [-0.4, -0.2) is 87.9 Å². The maximum atomic E-state index is 6.36. The highest BCUT2D eigenvalue weighted by Gasteiger charge is 2.27. The summed E-state index contributed by atoms with van der Waals surface area (Å²) in [5.74, 6) is 0.358. The highest BCUT2D eigenvalue weighted by atomic mass is 14.1. The van der Waals surface area contributed by atoms with Crippen LogP contribution in [0.1, 0.15) is 25.0 Å². The maximum absolute atomic E-state index is 6.36. The molecule has 0 N–H and O–H groups in total. The molecule has 0 bridgehead atoms. The van der Waals surface area contributed by atoms with Crippen molar-refractivity contribution >= 4 is 110 Å². The van der Waals surface area contributed by atoms with E-state index in [4.69, 9.17) is 54.3 Å². The van der Waals surface area contributed by atoms with E-state index < -0.39 is 19.4 Å². The molecule has 12 heteroatoms. The van der Waals surface area contributed by atoms with E-state index in [1.807, 2.05) is 6.92 Å². The smallest absolute Gasteiger partial charge is 0.104 e. The van der Waals surface area contributed by atoms with Gasteiger partial charge >= 0.3 is 0 Å². The number of hydrogen-bond acceptors (Lipinski definition) is 0. The zero-order valence-electron chi connectivity index (χ0n) is 14.2. The first-order chi connectivity index (χ1) is 10.7. The van der Waals surface area contributed by atoms with Crippen LogP contribution in [0.15, 0.2) is 0 Å². The third-order valence-electron chi connectivity index (χ3n) is 4.11. The van der Waals surface area contributed by atoms with Crippen LogP contribution in [0.25, 0.3) is 0 Å². The van der Waals surface area contributed by atoms with Gasteiger partial charge in [-0.1, -0.05) is 25.0 Å². The molecule has 0 atom stereocenters. The van der Waals surface area contributed by atoms with E-state index in [1.165, 1.54) is 14.2 Å². The normalized spacial score (nSPS) is 10.4. The molecule has 23 heavy (non-hydrogen) atoms. The van der Waals surface area contributed by atoms with Crippen molar-refractivity contribution in [2.24, 2.45) is 5.92 Å². The molecule has 0 heterocycles. The molecule has 0 nitrogen and oxygen atoms in total. The van der Waals surface area contributed by atoms with Gasteiger partial charge in [0.2, 0.25) is 0 Å². The van der Waals surface area contributed by atoms with Crippen LogP contribution >= 0.6 is 0 Å². The van der Waals surface area contributed by atoms with Crippen molar-refractivity contribution in [3.63, 3.8) is 0 Å². The second-order valence-corrected chi connectivity index (χ2v) is 6.34. The van der Waals surface area contributed by atoms with Crippen molar-refractivity contribution in [2.45, 2.75) is 27.2 Å². The lowest BCUT2D eigenvalue weighted by atomic mass is 8.85. The predicted octanol–water partition coefficient (Wildman–Crippen LogP) is -4.68. The molecule has 0 aromatic heterocycles. The van der Waals surface area contributed by atoms with Crippen LogP contribution in [0.5, 0.6) is 0 Å². The Kier molecular flexibility index (Phi) is 8.15. The summed E-state index contributed by atoms with van der Waals surface area (Å²) in [4.78, 5) is 0. The molecule has 0 spiro atoms. The molecule has 0 saturated carbocycles. The fourth-order valence-electron chi connectivity index (χ4n) is 2.96. The average Bonchev–Trinajstić information content (AvgIpc) is 2.48. The standard InChI is InChI=1S/C11H12B12/c1-5(2)4-7-8(12)9(19-13)6(3)10(21(15)20-14)11(7)22(16)23(17)18/h5H,4H2,1-3H3. The molecule has 1 rings (SSSR count). The minimum atomic E-state index is -0.740. The number of benzene rings is 1. The van der Waals surface area contributed by atoms with Crippen LogP contribution in [0.4, 0.5) is 0 Å². The lowest BCUT2D eigenvalue weighted by Crippen LogP contribution is -2.65. The molecule has 16 radical (unpaired) electrons. The van der Waals surface area contributed by atoms with Gasteiger partial charge in [-0.05, 0) is 19.3 Å². The zero-order valence-corrected chi connectivity index (χ0v) is 14.2. The van der Waals surface area contributed by atoms with E-state index in [9.17, 15) is 0 Å². The summed E-state index contributed by atoms with van der Waals surface area (Å²) in [5.41, 5.74) is 4.65. The molecular weight excluding hydrogens is 262 g/mol. The highest BCUT2D eigenvalue weighted by Crippen LogP contribution is 2.05. The van der Waals surface area contributed by atoms with E-state index in [0.29, 0.717) is 17.8 Å². The molecule has 92 valence electrons. The predicted molar refractivity (Wildman–Crippen MR) is 117 cm³/mol. The van der Waals surface area contributed by atoms with Gasteiger partial charge < -0.3 is 0 Å². The molecule has 0 amide bonds. The fourth-order valence-corrected chi connectivity index (χ4v) is 2.96. The molecule has 0 saturated heterocycles. The Morgan fingerprint density at radius 2 is 1.61 bits per heavy atom. The third kappa shape index (κ3) is 4.55. The lowest BCUT2D eigenvalue weighted by Gasteiger charge is -2.32. The largest absolute Gasteiger partial charge is 0.113 e.